The molecular formula is C17H27N5OS. The van der Waals surface area contributed by atoms with E-state index in [9.17, 15) is 0 Å². The number of nitrogens with two attached hydrogens (primary N) is 1. The van der Waals surface area contributed by atoms with E-state index in [2.05, 4.69) is 35.6 Å². The summed E-state index contributed by atoms with van der Waals surface area (Å²) in [6, 6.07) is 0.363. The van der Waals surface area contributed by atoms with Crippen LogP contribution < -0.4 is 11.1 Å². The van der Waals surface area contributed by atoms with E-state index in [1.54, 1.807) is 0 Å². The molecule has 0 aliphatic carbocycles. The first-order valence-electron chi connectivity index (χ1n) is 8.30. The molecule has 7 heteroatoms. The van der Waals surface area contributed by atoms with Gasteiger partial charge in [-0.1, -0.05) is 0 Å². The van der Waals surface area contributed by atoms with E-state index < -0.39 is 0 Å². The highest BCUT2D eigenvalue weighted by Crippen LogP contribution is 2.48. The summed E-state index contributed by atoms with van der Waals surface area (Å²) in [6.45, 7) is 8.08. The van der Waals surface area contributed by atoms with Crippen molar-refractivity contribution in [2.75, 3.05) is 13.1 Å². The number of piperidine rings is 1. The van der Waals surface area contributed by atoms with Crippen LogP contribution in [0.5, 0.6) is 0 Å². The lowest BCUT2D eigenvalue weighted by Gasteiger charge is -2.27. The molecule has 2 aliphatic heterocycles. The van der Waals surface area contributed by atoms with Crippen LogP contribution in [0.25, 0.3) is 0 Å². The van der Waals surface area contributed by atoms with E-state index in [1.165, 1.54) is 22.6 Å². The molecule has 3 atom stereocenters. The van der Waals surface area contributed by atoms with Gasteiger partial charge in [0, 0.05) is 40.1 Å². The number of nitrogens with zero attached hydrogens (tertiary/aromatic N) is 2. The number of allylic oxidation sites excluding steroid dienone is 2. The summed E-state index contributed by atoms with van der Waals surface area (Å²) in [6.07, 6.45) is 7.30. The molecule has 0 amide bonds. The smallest absolute Gasteiger partial charge is 0.106 e. The number of hydrogen-bond donors (Lipinski definition) is 3. The molecule has 132 valence electrons. The second kappa shape index (κ2) is 9.15. The Morgan fingerprint density at radius 3 is 2.96 bits per heavy atom. The fourth-order valence-corrected chi connectivity index (χ4v) is 4.49. The van der Waals surface area contributed by atoms with Crippen LogP contribution in [0.4, 0.5) is 0 Å². The summed E-state index contributed by atoms with van der Waals surface area (Å²) in [5, 5.41) is 11.1. The van der Waals surface area contributed by atoms with Gasteiger partial charge in [0.1, 0.15) is 6.79 Å². The highest BCUT2D eigenvalue weighted by molar-refractivity contribution is 8.03. The van der Waals surface area contributed by atoms with E-state index in [-0.39, 0.29) is 0 Å². The molecular weight excluding hydrogens is 322 g/mol. The molecule has 0 radical (unpaired) electrons. The van der Waals surface area contributed by atoms with Crippen LogP contribution in [0.15, 0.2) is 21.8 Å². The second-order valence-electron chi connectivity index (χ2n) is 6.23. The number of carbonyl (C=O) groups excluding carboxylic acids is 1. The normalized spacial score (nSPS) is 27.4. The van der Waals surface area contributed by atoms with Crippen molar-refractivity contribution in [3.05, 3.63) is 28.1 Å². The first-order chi connectivity index (χ1) is 11.7. The fraction of sp³-hybridized carbons (Fsp3) is 0.588. The average molecular weight is 350 g/mol. The first kappa shape index (κ1) is 18.9. The van der Waals surface area contributed by atoms with E-state index >= 15 is 0 Å². The van der Waals surface area contributed by atoms with E-state index in [4.69, 9.17) is 15.5 Å². The fourth-order valence-electron chi connectivity index (χ4n) is 3.18. The predicted octanol–water partition coefficient (Wildman–Crippen LogP) is 2.34. The van der Waals surface area contributed by atoms with Crippen molar-refractivity contribution in [3.63, 3.8) is 0 Å². The maximum Gasteiger partial charge on any atom is 0.106 e. The number of hydrogen-bond acceptors (Lipinski definition) is 6. The van der Waals surface area contributed by atoms with Gasteiger partial charge in [-0.3, -0.25) is 10.1 Å². The topological polar surface area (TPSA) is 96.2 Å². The highest BCUT2D eigenvalue weighted by atomic mass is 32.2. The SMILES string of the molecule is C=O.CC1=C(N=CC2CC(CN)CCN2)CC(c2cn[nH]c2C)S1. The molecule has 4 N–H and O–H groups in total. The summed E-state index contributed by atoms with van der Waals surface area (Å²) in [5.41, 5.74) is 9.48. The number of nitrogens with one attached hydrogen (secondary N) is 2. The molecule has 6 nitrogen and oxygen atoms in total. The minimum absolute atomic E-state index is 0.363. The Labute approximate surface area is 147 Å². The van der Waals surface area contributed by atoms with Crippen LogP contribution in [0.2, 0.25) is 0 Å². The minimum atomic E-state index is 0.363. The molecule has 3 unspecified atom stereocenters. The summed E-state index contributed by atoms with van der Waals surface area (Å²) < 4.78 is 0. The largest absolute Gasteiger partial charge is 0.330 e. The molecule has 0 spiro atoms. The van der Waals surface area contributed by atoms with Crippen molar-refractivity contribution in [1.29, 1.82) is 0 Å². The van der Waals surface area contributed by atoms with Crippen molar-refractivity contribution < 1.29 is 4.79 Å². The first-order valence-corrected chi connectivity index (χ1v) is 9.18. The third kappa shape index (κ3) is 4.55. The Morgan fingerprint density at radius 1 is 1.50 bits per heavy atom. The van der Waals surface area contributed by atoms with Crippen molar-refractivity contribution >= 4 is 24.8 Å². The summed E-state index contributed by atoms with van der Waals surface area (Å²) >= 11 is 1.90. The minimum Gasteiger partial charge on any atom is -0.330 e. The van der Waals surface area contributed by atoms with Gasteiger partial charge in [0.05, 0.1) is 11.9 Å². The zero-order valence-corrected chi connectivity index (χ0v) is 15.2. The third-order valence-electron chi connectivity index (χ3n) is 4.61. The number of aromatic nitrogens is 2. The molecule has 3 heterocycles. The number of carbonyl (C=O) groups is 1. The number of aliphatic imine (C=N–C) groups is 1. The standard InChI is InChI=1S/C16H25N5S.CH2O/c1-10-14(9-20-21-10)16-6-15(11(2)22-16)19-8-13-5-12(7-17)3-4-18-13;1-2/h8-9,12-13,16,18H,3-7,17H2,1-2H3,(H,20,21);1H2. The Balaban J connectivity index is 0.00000100. The van der Waals surface area contributed by atoms with Gasteiger partial charge in [-0.15, -0.1) is 11.8 Å². The lowest BCUT2D eigenvalue weighted by Crippen LogP contribution is -2.41. The van der Waals surface area contributed by atoms with Crippen molar-refractivity contribution in [2.24, 2.45) is 16.6 Å². The monoisotopic (exact) mass is 349 g/mol. The molecule has 1 fully saturated rings. The van der Waals surface area contributed by atoms with Crippen LogP contribution in [-0.4, -0.2) is 42.3 Å². The molecule has 1 saturated heterocycles. The van der Waals surface area contributed by atoms with Gasteiger partial charge >= 0.3 is 0 Å². The quantitative estimate of drug-likeness (QED) is 0.725. The lowest BCUT2D eigenvalue weighted by atomic mass is 9.93. The van der Waals surface area contributed by atoms with Crippen molar-refractivity contribution in [3.8, 4) is 0 Å². The Kier molecular flexibility index (Phi) is 7.20. The van der Waals surface area contributed by atoms with Crippen molar-refractivity contribution in [1.82, 2.24) is 15.5 Å². The number of rotatable bonds is 4. The van der Waals surface area contributed by atoms with Crippen LogP contribution in [-0.2, 0) is 4.79 Å². The van der Waals surface area contributed by atoms with E-state index in [1.807, 2.05) is 24.7 Å². The summed E-state index contributed by atoms with van der Waals surface area (Å²) in [7, 11) is 0. The zero-order valence-electron chi connectivity index (χ0n) is 14.4. The predicted molar refractivity (Wildman–Crippen MR) is 100 cm³/mol. The second-order valence-corrected chi connectivity index (χ2v) is 7.65. The van der Waals surface area contributed by atoms with Gasteiger partial charge < -0.3 is 15.8 Å². The van der Waals surface area contributed by atoms with Gasteiger partial charge in [0.25, 0.3) is 0 Å². The zero-order chi connectivity index (χ0) is 17.5. The Bertz CT molecular complexity index is 598. The molecule has 1 aromatic rings. The maximum absolute atomic E-state index is 8.00. The van der Waals surface area contributed by atoms with Crippen LogP contribution in [0.3, 0.4) is 0 Å². The van der Waals surface area contributed by atoms with E-state index in [0.717, 1.165) is 31.6 Å². The van der Waals surface area contributed by atoms with E-state index in [0.29, 0.717) is 17.2 Å². The van der Waals surface area contributed by atoms with Crippen LogP contribution in [0, 0.1) is 12.8 Å². The third-order valence-corrected chi connectivity index (χ3v) is 5.90. The number of H-pyrrole nitrogens is 1. The summed E-state index contributed by atoms with van der Waals surface area (Å²) in [4.78, 5) is 14.1. The number of aromatic amines is 1. The Hall–Kier alpha value is -1.44. The molecule has 0 saturated carbocycles. The van der Waals surface area contributed by atoms with Crippen LogP contribution in [0.1, 0.15) is 42.7 Å². The molecule has 0 bridgehead atoms. The maximum atomic E-state index is 8.00. The van der Waals surface area contributed by atoms with Crippen LogP contribution >= 0.6 is 11.8 Å². The van der Waals surface area contributed by atoms with Gasteiger partial charge in [-0.05, 0) is 45.7 Å². The molecule has 1 aromatic heterocycles. The highest BCUT2D eigenvalue weighted by Gasteiger charge is 2.26. The van der Waals surface area contributed by atoms with Gasteiger partial charge in [0.15, 0.2) is 0 Å². The van der Waals surface area contributed by atoms with Gasteiger partial charge in [-0.2, -0.15) is 5.10 Å². The Morgan fingerprint density at radius 2 is 2.29 bits per heavy atom. The van der Waals surface area contributed by atoms with Crippen molar-refractivity contribution in [2.45, 2.75) is 44.4 Å². The number of thioether (sulfide) groups is 1. The number of aryl methyl sites for hydroxylation is 1. The molecule has 3 rings (SSSR count). The molecule has 2 aliphatic rings. The lowest BCUT2D eigenvalue weighted by molar-refractivity contribution is -0.0979. The summed E-state index contributed by atoms with van der Waals surface area (Å²) in [5.74, 6) is 0.632. The van der Waals surface area contributed by atoms with Gasteiger partial charge in [-0.25, -0.2) is 0 Å². The molecule has 0 aromatic carbocycles. The average Bonchev–Trinajstić information content (AvgIpc) is 3.20. The van der Waals surface area contributed by atoms with Gasteiger partial charge in [0.2, 0.25) is 0 Å². The molecule has 24 heavy (non-hydrogen) atoms.